The van der Waals surface area contributed by atoms with Gasteiger partial charge in [-0.2, -0.15) is 0 Å². The lowest BCUT2D eigenvalue weighted by atomic mass is 10.5. The van der Waals surface area contributed by atoms with Gasteiger partial charge < -0.3 is 9.73 Å². The molecule has 4 nitrogen and oxygen atoms in total. The van der Waals surface area contributed by atoms with Crippen molar-refractivity contribution in [2.75, 3.05) is 6.54 Å². The summed E-state index contributed by atoms with van der Waals surface area (Å²) in [5.74, 6) is 1.18. The Labute approximate surface area is 120 Å². The van der Waals surface area contributed by atoms with Crippen molar-refractivity contribution in [3.05, 3.63) is 20.2 Å². The minimum Gasteiger partial charge on any atom is -0.419 e. The monoisotopic (exact) mass is 379 g/mol. The van der Waals surface area contributed by atoms with Gasteiger partial charge in [0.25, 0.3) is 5.89 Å². The van der Waals surface area contributed by atoms with Crippen LogP contribution in [0.15, 0.2) is 18.7 Å². The standard InChI is InChI=1S/C10H11Br2N3OS/c1-2-3-13-5-8-14-15-10(16-8)7-4-6(11)9(12)17-7/h4,13H,2-3,5H2,1H3. The first-order valence-corrected chi connectivity index (χ1v) is 7.59. The molecule has 0 unspecified atom stereocenters. The third kappa shape index (κ3) is 3.37. The van der Waals surface area contributed by atoms with Crippen LogP contribution in [0.3, 0.4) is 0 Å². The molecular weight excluding hydrogens is 370 g/mol. The molecule has 17 heavy (non-hydrogen) atoms. The van der Waals surface area contributed by atoms with Crippen LogP contribution in [-0.2, 0) is 6.54 Å². The molecule has 2 heterocycles. The van der Waals surface area contributed by atoms with Crippen LogP contribution >= 0.6 is 43.2 Å². The molecule has 0 aliphatic rings. The molecule has 2 rings (SSSR count). The zero-order valence-electron chi connectivity index (χ0n) is 9.17. The highest BCUT2D eigenvalue weighted by Gasteiger charge is 2.12. The minimum absolute atomic E-state index is 0.565. The second kappa shape index (κ2) is 6.08. The molecule has 2 aromatic heterocycles. The van der Waals surface area contributed by atoms with Crippen molar-refractivity contribution in [1.29, 1.82) is 0 Å². The molecule has 0 aromatic carbocycles. The zero-order valence-corrected chi connectivity index (χ0v) is 13.2. The minimum atomic E-state index is 0.565. The summed E-state index contributed by atoms with van der Waals surface area (Å²) in [7, 11) is 0. The van der Waals surface area contributed by atoms with Crippen LogP contribution in [-0.4, -0.2) is 16.7 Å². The van der Waals surface area contributed by atoms with Gasteiger partial charge in [0.2, 0.25) is 5.89 Å². The van der Waals surface area contributed by atoms with E-state index in [2.05, 4.69) is 54.3 Å². The van der Waals surface area contributed by atoms with E-state index in [4.69, 9.17) is 4.42 Å². The van der Waals surface area contributed by atoms with Gasteiger partial charge in [0.15, 0.2) is 0 Å². The van der Waals surface area contributed by atoms with Crippen LogP contribution in [0, 0.1) is 0 Å². The van der Waals surface area contributed by atoms with E-state index < -0.39 is 0 Å². The van der Waals surface area contributed by atoms with Crippen molar-refractivity contribution in [1.82, 2.24) is 15.5 Å². The Morgan fingerprint density at radius 1 is 1.41 bits per heavy atom. The fraction of sp³-hybridized carbons (Fsp3) is 0.400. The molecule has 1 N–H and O–H groups in total. The Balaban J connectivity index is 2.07. The summed E-state index contributed by atoms with van der Waals surface area (Å²) >= 11 is 8.44. The van der Waals surface area contributed by atoms with E-state index >= 15 is 0 Å². The highest BCUT2D eigenvalue weighted by molar-refractivity contribution is 9.13. The van der Waals surface area contributed by atoms with Crippen molar-refractivity contribution in [3.63, 3.8) is 0 Å². The van der Waals surface area contributed by atoms with Gasteiger partial charge in [0, 0.05) is 4.47 Å². The van der Waals surface area contributed by atoms with E-state index in [1.54, 1.807) is 11.3 Å². The van der Waals surface area contributed by atoms with Crippen LogP contribution in [0.5, 0.6) is 0 Å². The molecule has 0 bridgehead atoms. The van der Waals surface area contributed by atoms with Crippen LogP contribution in [0.2, 0.25) is 0 Å². The van der Waals surface area contributed by atoms with Gasteiger partial charge in [0.1, 0.15) is 0 Å². The van der Waals surface area contributed by atoms with E-state index in [0.29, 0.717) is 18.3 Å². The quantitative estimate of drug-likeness (QED) is 0.801. The molecule has 0 saturated heterocycles. The average Bonchev–Trinajstić information content (AvgIpc) is 2.88. The lowest BCUT2D eigenvalue weighted by Gasteiger charge is -1.96. The maximum atomic E-state index is 5.57. The van der Waals surface area contributed by atoms with E-state index in [1.165, 1.54) is 0 Å². The summed E-state index contributed by atoms with van der Waals surface area (Å²) < 4.78 is 7.59. The van der Waals surface area contributed by atoms with Crippen molar-refractivity contribution in [2.24, 2.45) is 0 Å². The average molecular weight is 381 g/mol. The first-order valence-electron chi connectivity index (χ1n) is 5.19. The first kappa shape index (κ1) is 13.2. The van der Waals surface area contributed by atoms with Crippen molar-refractivity contribution >= 4 is 43.2 Å². The highest BCUT2D eigenvalue weighted by Crippen LogP contribution is 2.37. The number of nitrogens with zero attached hydrogens (tertiary/aromatic N) is 2. The lowest BCUT2D eigenvalue weighted by molar-refractivity contribution is 0.478. The maximum absolute atomic E-state index is 5.57. The molecule has 0 atom stereocenters. The Morgan fingerprint density at radius 3 is 2.88 bits per heavy atom. The van der Waals surface area contributed by atoms with E-state index in [-0.39, 0.29) is 0 Å². The summed E-state index contributed by atoms with van der Waals surface area (Å²) in [6, 6.07) is 1.96. The Bertz CT molecular complexity index is 478. The molecule has 92 valence electrons. The van der Waals surface area contributed by atoms with Gasteiger partial charge in [-0.3, -0.25) is 0 Å². The molecule has 0 aliphatic carbocycles. The SMILES string of the molecule is CCCNCc1nnc(-c2cc(Br)c(Br)s2)o1. The number of nitrogens with one attached hydrogen (secondary N) is 1. The first-order chi connectivity index (χ1) is 8.20. The topological polar surface area (TPSA) is 51.0 Å². The fourth-order valence-electron chi connectivity index (χ4n) is 1.25. The third-order valence-corrected chi connectivity index (χ3v) is 5.27. The number of aromatic nitrogens is 2. The van der Waals surface area contributed by atoms with Gasteiger partial charge in [-0.25, -0.2) is 0 Å². The normalized spacial score (nSPS) is 11.0. The third-order valence-electron chi connectivity index (χ3n) is 2.03. The van der Waals surface area contributed by atoms with Gasteiger partial charge in [-0.15, -0.1) is 21.5 Å². The van der Waals surface area contributed by atoms with Crippen molar-refractivity contribution in [2.45, 2.75) is 19.9 Å². The molecule has 0 amide bonds. The molecule has 7 heteroatoms. The maximum Gasteiger partial charge on any atom is 0.257 e. The van der Waals surface area contributed by atoms with Crippen LogP contribution in [0.4, 0.5) is 0 Å². The van der Waals surface area contributed by atoms with Gasteiger partial charge in [-0.1, -0.05) is 6.92 Å². The van der Waals surface area contributed by atoms with Crippen LogP contribution in [0.1, 0.15) is 19.2 Å². The molecule has 0 saturated carbocycles. The number of rotatable bonds is 5. The summed E-state index contributed by atoms with van der Waals surface area (Å²) in [4.78, 5) is 0.956. The fourth-order valence-corrected chi connectivity index (χ4v) is 3.21. The number of thiophene rings is 1. The Hall–Kier alpha value is -0.240. The van der Waals surface area contributed by atoms with E-state index in [0.717, 1.165) is 26.1 Å². The summed E-state index contributed by atoms with van der Waals surface area (Å²) in [6.45, 7) is 3.69. The number of hydrogen-bond donors (Lipinski definition) is 1. The molecular formula is C10H11Br2N3OS. The summed E-state index contributed by atoms with van der Waals surface area (Å²) in [6.07, 6.45) is 1.09. The van der Waals surface area contributed by atoms with E-state index in [1.807, 2.05) is 6.07 Å². The molecule has 0 fully saturated rings. The zero-order chi connectivity index (χ0) is 12.3. The van der Waals surface area contributed by atoms with Gasteiger partial charge in [0.05, 0.1) is 15.2 Å². The van der Waals surface area contributed by atoms with Crippen molar-refractivity contribution in [3.8, 4) is 10.8 Å². The van der Waals surface area contributed by atoms with Crippen LogP contribution in [0.25, 0.3) is 10.8 Å². The highest BCUT2D eigenvalue weighted by atomic mass is 79.9. The smallest absolute Gasteiger partial charge is 0.257 e. The summed E-state index contributed by atoms with van der Waals surface area (Å²) in [5.41, 5.74) is 0. The summed E-state index contributed by atoms with van der Waals surface area (Å²) in [5, 5.41) is 11.3. The number of halogens is 2. The molecule has 0 aliphatic heterocycles. The van der Waals surface area contributed by atoms with Crippen LogP contribution < -0.4 is 5.32 Å². The van der Waals surface area contributed by atoms with Crippen molar-refractivity contribution < 1.29 is 4.42 Å². The number of hydrogen-bond acceptors (Lipinski definition) is 5. The van der Waals surface area contributed by atoms with Gasteiger partial charge in [-0.05, 0) is 50.9 Å². The second-order valence-corrected chi connectivity index (χ2v) is 6.63. The molecule has 2 aromatic rings. The predicted molar refractivity (Wildman–Crippen MR) is 75.0 cm³/mol. The predicted octanol–water partition coefficient (Wildman–Crippen LogP) is 3.82. The molecule has 0 spiro atoms. The lowest BCUT2D eigenvalue weighted by Crippen LogP contribution is -2.13. The van der Waals surface area contributed by atoms with Gasteiger partial charge >= 0.3 is 0 Å². The Kier molecular flexibility index (Phi) is 4.72. The second-order valence-electron chi connectivity index (χ2n) is 3.41. The molecule has 0 radical (unpaired) electrons. The largest absolute Gasteiger partial charge is 0.419 e. The Morgan fingerprint density at radius 2 is 2.24 bits per heavy atom. The van der Waals surface area contributed by atoms with E-state index in [9.17, 15) is 0 Å².